The fourth-order valence-corrected chi connectivity index (χ4v) is 2.14. The standard InChI is InChI=1S/C16H18N6O/c1-3-21-10-14(8-18-21)15(23)19-16-17-11-22(20-16)9-13-6-4-12(2)5-7-13/h4-8,10-11H,3,9H2,1-2H3,(H,19,20,23). The van der Waals surface area contributed by atoms with Crippen molar-refractivity contribution in [3.63, 3.8) is 0 Å². The SMILES string of the molecule is CCn1cc(C(=O)Nc2ncn(Cc3ccc(C)cc3)n2)cn1. The zero-order valence-electron chi connectivity index (χ0n) is 13.1. The van der Waals surface area contributed by atoms with Crippen LogP contribution in [0.1, 0.15) is 28.4 Å². The fraction of sp³-hybridized carbons (Fsp3) is 0.250. The Morgan fingerprint density at radius 3 is 2.70 bits per heavy atom. The first-order valence-corrected chi connectivity index (χ1v) is 7.43. The van der Waals surface area contributed by atoms with Crippen LogP contribution < -0.4 is 5.32 Å². The van der Waals surface area contributed by atoms with Crippen LogP contribution in [0.5, 0.6) is 0 Å². The van der Waals surface area contributed by atoms with E-state index in [-0.39, 0.29) is 11.9 Å². The van der Waals surface area contributed by atoms with E-state index < -0.39 is 0 Å². The summed E-state index contributed by atoms with van der Waals surface area (Å²) in [6.07, 6.45) is 4.83. The van der Waals surface area contributed by atoms with Gasteiger partial charge >= 0.3 is 0 Å². The molecule has 0 aliphatic heterocycles. The van der Waals surface area contributed by atoms with Crippen LogP contribution in [0.2, 0.25) is 0 Å². The summed E-state index contributed by atoms with van der Waals surface area (Å²) in [7, 11) is 0. The van der Waals surface area contributed by atoms with Crippen LogP contribution >= 0.6 is 0 Å². The molecule has 0 aliphatic rings. The van der Waals surface area contributed by atoms with E-state index >= 15 is 0 Å². The molecule has 7 nitrogen and oxygen atoms in total. The average molecular weight is 310 g/mol. The van der Waals surface area contributed by atoms with Crippen LogP contribution in [0.3, 0.4) is 0 Å². The Bertz CT molecular complexity index is 802. The van der Waals surface area contributed by atoms with Gasteiger partial charge in [0.15, 0.2) is 0 Å². The van der Waals surface area contributed by atoms with Gasteiger partial charge in [0.1, 0.15) is 6.33 Å². The molecule has 0 spiro atoms. The lowest BCUT2D eigenvalue weighted by molar-refractivity contribution is 0.102. The minimum Gasteiger partial charge on any atom is -0.289 e. The van der Waals surface area contributed by atoms with Crippen molar-refractivity contribution >= 4 is 11.9 Å². The maximum absolute atomic E-state index is 12.1. The second-order valence-electron chi connectivity index (χ2n) is 5.29. The first-order valence-electron chi connectivity index (χ1n) is 7.43. The maximum atomic E-state index is 12.1. The number of carbonyl (C=O) groups excluding carboxylic acids is 1. The van der Waals surface area contributed by atoms with Crippen LogP contribution in [0, 0.1) is 6.92 Å². The Morgan fingerprint density at radius 1 is 1.22 bits per heavy atom. The number of amides is 1. The number of hydrogen-bond acceptors (Lipinski definition) is 4. The first kappa shape index (κ1) is 15.0. The predicted octanol–water partition coefficient (Wildman–Crippen LogP) is 2.10. The van der Waals surface area contributed by atoms with Crippen LogP contribution in [-0.2, 0) is 13.1 Å². The smallest absolute Gasteiger partial charge is 0.261 e. The van der Waals surface area contributed by atoms with Crippen LogP contribution in [0.4, 0.5) is 5.95 Å². The summed E-state index contributed by atoms with van der Waals surface area (Å²) >= 11 is 0. The quantitative estimate of drug-likeness (QED) is 0.783. The van der Waals surface area contributed by atoms with E-state index in [0.29, 0.717) is 12.1 Å². The number of anilines is 1. The molecule has 2 aromatic heterocycles. The molecule has 0 bridgehead atoms. The third kappa shape index (κ3) is 3.63. The lowest BCUT2D eigenvalue weighted by Crippen LogP contribution is -2.13. The van der Waals surface area contributed by atoms with E-state index in [9.17, 15) is 4.79 Å². The monoisotopic (exact) mass is 310 g/mol. The number of benzene rings is 1. The van der Waals surface area contributed by atoms with E-state index in [0.717, 1.165) is 12.1 Å². The van der Waals surface area contributed by atoms with Gasteiger partial charge in [0.25, 0.3) is 5.91 Å². The normalized spacial score (nSPS) is 10.7. The molecule has 3 rings (SSSR count). The van der Waals surface area contributed by atoms with Gasteiger partial charge in [0.05, 0.1) is 18.3 Å². The highest BCUT2D eigenvalue weighted by Gasteiger charge is 2.11. The highest BCUT2D eigenvalue weighted by molar-refractivity contribution is 6.02. The second kappa shape index (κ2) is 6.43. The number of hydrogen-bond donors (Lipinski definition) is 1. The minimum absolute atomic E-state index is 0.266. The summed E-state index contributed by atoms with van der Waals surface area (Å²) in [5.74, 6) is 0.0177. The van der Waals surface area contributed by atoms with E-state index in [4.69, 9.17) is 0 Å². The molecule has 0 unspecified atom stereocenters. The summed E-state index contributed by atoms with van der Waals surface area (Å²) in [4.78, 5) is 16.2. The molecule has 2 heterocycles. The van der Waals surface area contributed by atoms with Gasteiger partial charge in [-0.25, -0.2) is 9.67 Å². The van der Waals surface area contributed by atoms with Gasteiger partial charge in [-0.3, -0.25) is 14.8 Å². The third-order valence-electron chi connectivity index (χ3n) is 3.45. The van der Waals surface area contributed by atoms with Gasteiger partial charge in [0.2, 0.25) is 5.95 Å². The molecule has 7 heteroatoms. The number of aromatic nitrogens is 5. The van der Waals surface area contributed by atoms with Crippen molar-refractivity contribution in [1.29, 1.82) is 0 Å². The molecule has 1 N–H and O–H groups in total. The van der Waals surface area contributed by atoms with Crippen molar-refractivity contribution < 1.29 is 4.79 Å². The lowest BCUT2D eigenvalue weighted by Gasteiger charge is -2.01. The maximum Gasteiger partial charge on any atom is 0.261 e. The predicted molar refractivity (Wildman–Crippen MR) is 86.2 cm³/mol. The Balaban J connectivity index is 1.64. The molecule has 0 aliphatic carbocycles. The molecule has 0 radical (unpaired) electrons. The lowest BCUT2D eigenvalue weighted by atomic mass is 10.1. The summed E-state index contributed by atoms with van der Waals surface area (Å²) in [5, 5.41) is 11.0. The second-order valence-corrected chi connectivity index (χ2v) is 5.29. The molecule has 0 saturated heterocycles. The van der Waals surface area contributed by atoms with Crippen molar-refractivity contribution in [2.24, 2.45) is 0 Å². The summed E-state index contributed by atoms with van der Waals surface area (Å²) in [5.41, 5.74) is 2.83. The summed E-state index contributed by atoms with van der Waals surface area (Å²) in [6.45, 7) is 5.34. The van der Waals surface area contributed by atoms with Crippen LogP contribution in [0.25, 0.3) is 0 Å². The number of aryl methyl sites for hydroxylation is 2. The number of carbonyl (C=O) groups is 1. The summed E-state index contributed by atoms with van der Waals surface area (Å²) in [6, 6.07) is 8.21. The molecule has 23 heavy (non-hydrogen) atoms. The zero-order chi connectivity index (χ0) is 16.2. The molecule has 0 fully saturated rings. The van der Waals surface area contributed by atoms with Crippen molar-refractivity contribution in [3.05, 3.63) is 59.7 Å². The van der Waals surface area contributed by atoms with Crippen molar-refractivity contribution in [3.8, 4) is 0 Å². The van der Waals surface area contributed by atoms with Crippen LogP contribution in [0.15, 0.2) is 43.0 Å². The topological polar surface area (TPSA) is 77.6 Å². The van der Waals surface area contributed by atoms with Gasteiger partial charge in [-0.2, -0.15) is 5.10 Å². The Hall–Kier alpha value is -2.96. The highest BCUT2D eigenvalue weighted by Crippen LogP contribution is 2.07. The molecule has 1 amide bonds. The van der Waals surface area contributed by atoms with Gasteiger partial charge in [-0.05, 0) is 19.4 Å². The highest BCUT2D eigenvalue weighted by atomic mass is 16.1. The number of nitrogens with zero attached hydrogens (tertiary/aromatic N) is 5. The third-order valence-corrected chi connectivity index (χ3v) is 3.45. The van der Waals surface area contributed by atoms with Gasteiger partial charge < -0.3 is 0 Å². The molecular formula is C16H18N6O. The van der Waals surface area contributed by atoms with Crippen molar-refractivity contribution in [2.75, 3.05) is 5.32 Å². The van der Waals surface area contributed by atoms with Crippen LogP contribution in [-0.4, -0.2) is 30.5 Å². The Labute approximate surface area is 134 Å². The van der Waals surface area contributed by atoms with Gasteiger partial charge in [-0.15, -0.1) is 5.10 Å². The molecule has 1 aromatic carbocycles. The average Bonchev–Trinajstić information content (AvgIpc) is 3.19. The number of nitrogens with one attached hydrogen (secondary N) is 1. The molecule has 0 atom stereocenters. The van der Waals surface area contributed by atoms with Crippen molar-refractivity contribution in [1.82, 2.24) is 24.5 Å². The first-order chi connectivity index (χ1) is 11.1. The summed E-state index contributed by atoms with van der Waals surface area (Å²) < 4.78 is 3.38. The van der Waals surface area contributed by atoms with Gasteiger partial charge in [-0.1, -0.05) is 29.8 Å². The molecule has 3 aromatic rings. The van der Waals surface area contributed by atoms with Gasteiger partial charge in [0, 0.05) is 12.7 Å². The zero-order valence-corrected chi connectivity index (χ0v) is 13.1. The van der Waals surface area contributed by atoms with E-state index in [1.807, 2.05) is 13.8 Å². The molecule has 118 valence electrons. The fourth-order valence-electron chi connectivity index (χ4n) is 2.14. The Morgan fingerprint density at radius 2 is 2.00 bits per heavy atom. The number of rotatable bonds is 5. The van der Waals surface area contributed by atoms with E-state index in [2.05, 4.69) is 44.8 Å². The largest absolute Gasteiger partial charge is 0.289 e. The van der Waals surface area contributed by atoms with E-state index in [1.165, 1.54) is 11.8 Å². The van der Waals surface area contributed by atoms with Crippen molar-refractivity contribution in [2.45, 2.75) is 26.9 Å². The molecular weight excluding hydrogens is 292 g/mol. The Kier molecular flexibility index (Phi) is 4.18. The van der Waals surface area contributed by atoms with E-state index in [1.54, 1.807) is 21.9 Å². The molecule has 0 saturated carbocycles. The minimum atomic E-state index is -0.266.